The minimum Gasteiger partial charge on any atom is -0.476 e. The number of hydrogen-bond donors (Lipinski definition) is 1. The molecule has 27 heavy (non-hydrogen) atoms. The molecule has 1 aromatic carbocycles. The van der Waals surface area contributed by atoms with Crippen LogP contribution in [0.5, 0.6) is 5.75 Å². The van der Waals surface area contributed by atoms with E-state index < -0.39 is 16.1 Å². The minimum atomic E-state index is -3.49. The van der Waals surface area contributed by atoms with Crippen LogP contribution in [0.25, 0.3) is 0 Å². The van der Waals surface area contributed by atoms with E-state index >= 15 is 0 Å². The van der Waals surface area contributed by atoms with Gasteiger partial charge < -0.3 is 14.8 Å². The van der Waals surface area contributed by atoms with Crippen LogP contribution in [0, 0.1) is 0 Å². The lowest BCUT2D eigenvalue weighted by Gasteiger charge is -2.34. The molecule has 0 aromatic heterocycles. The molecule has 0 radical (unpaired) electrons. The molecule has 1 saturated heterocycles. The highest BCUT2D eigenvalue weighted by Crippen LogP contribution is 2.34. The first kappa shape index (κ1) is 19.9. The van der Waals surface area contributed by atoms with E-state index in [9.17, 15) is 13.2 Å². The number of anilines is 1. The maximum absolute atomic E-state index is 12.5. The van der Waals surface area contributed by atoms with E-state index in [4.69, 9.17) is 9.47 Å². The Morgan fingerprint density at radius 1 is 1.26 bits per heavy atom. The van der Waals surface area contributed by atoms with Crippen LogP contribution in [0.3, 0.4) is 0 Å². The maximum atomic E-state index is 12.5. The maximum Gasteiger partial charge on any atom is 0.263 e. The Bertz CT molecular complexity index is 749. The Morgan fingerprint density at radius 3 is 2.74 bits per heavy atom. The summed E-state index contributed by atoms with van der Waals surface area (Å²) in [6, 6.07) is 6.90. The van der Waals surface area contributed by atoms with Gasteiger partial charge in [0.2, 0.25) is 10.0 Å². The van der Waals surface area contributed by atoms with E-state index in [-0.39, 0.29) is 18.2 Å². The fraction of sp³-hybridized carbons (Fsp3) is 0.611. The SMILES string of the molecule is CCS(=O)(=O)N1C[C@H](C(=O)NCCCN2CCOCC2)Oc2ccccc21. The Morgan fingerprint density at radius 2 is 2.00 bits per heavy atom. The number of morpholine rings is 1. The monoisotopic (exact) mass is 397 g/mol. The number of hydrogen-bond acceptors (Lipinski definition) is 6. The molecule has 1 aromatic rings. The van der Waals surface area contributed by atoms with Crippen molar-refractivity contribution in [3.8, 4) is 5.75 Å². The van der Waals surface area contributed by atoms with Gasteiger partial charge in [0.05, 0.1) is 31.2 Å². The van der Waals surface area contributed by atoms with E-state index in [1.165, 1.54) is 4.31 Å². The van der Waals surface area contributed by atoms with Crippen molar-refractivity contribution in [2.24, 2.45) is 0 Å². The van der Waals surface area contributed by atoms with Crippen molar-refractivity contribution >= 4 is 21.6 Å². The molecule has 0 aliphatic carbocycles. The summed E-state index contributed by atoms with van der Waals surface area (Å²) in [7, 11) is -3.49. The van der Waals surface area contributed by atoms with Crippen LogP contribution in [0.2, 0.25) is 0 Å². The van der Waals surface area contributed by atoms with Crippen molar-refractivity contribution in [1.29, 1.82) is 0 Å². The Labute approximate surface area is 160 Å². The fourth-order valence-corrected chi connectivity index (χ4v) is 4.34. The normalized spacial score (nSPS) is 20.6. The van der Waals surface area contributed by atoms with Crippen molar-refractivity contribution in [2.75, 3.05) is 56.0 Å². The molecule has 0 spiro atoms. The second kappa shape index (κ2) is 8.90. The fourth-order valence-electron chi connectivity index (χ4n) is 3.21. The van der Waals surface area contributed by atoms with E-state index in [0.29, 0.717) is 18.0 Å². The number of fused-ring (bicyclic) bond motifs is 1. The first-order chi connectivity index (χ1) is 13.0. The number of benzene rings is 1. The second-order valence-corrected chi connectivity index (χ2v) is 8.79. The lowest BCUT2D eigenvalue weighted by Crippen LogP contribution is -2.51. The largest absolute Gasteiger partial charge is 0.476 e. The van der Waals surface area contributed by atoms with Crippen molar-refractivity contribution in [3.05, 3.63) is 24.3 Å². The predicted octanol–water partition coefficient (Wildman–Crippen LogP) is 0.442. The molecule has 150 valence electrons. The molecular formula is C18H27N3O5S. The van der Waals surface area contributed by atoms with Crippen LogP contribution in [0.4, 0.5) is 5.69 Å². The van der Waals surface area contributed by atoms with Gasteiger partial charge in [0.15, 0.2) is 6.10 Å². The highest BCUT2D eigenvalue weighted by Gasteiger charge is 2.35. The molecule has 9 heteroatoms. The number of carbonyl (C=O) groups is 1. The topological polar surface area (TPSA) is 88.2 Å². The molecule has 2 aliphatic heterocycles. The van der Waals surface area contributed by atoms with E-state index in [1.807, 2.05) is 0 Å². The van der Waals surface area contributed by atoms with Crippen LogP contribution in [0.1, 0.15) is 13.3 Å². The number of nitrogens with one attached hydrogen (secondary N) is 1. The summed E-state index contributed by atoms with van der Waals surface area (Å²) in [5.74, 6) is 0.0897. The molecule has 0 unspecified atom stereocenters. The third kappa shape index (κ3) is 4.91. The number of nitrogens with zero attached hydrogens (tertiary/aromatic N) is 2. The summed E-state index contributed by atoms with van der Waals surface area (Å²) in [4.78, 5) is 14.8. The highest BCUT2D eigenvalue weighted by atomic mass is 32.2. The molecular weight excluding hydrogens is 370 g/mol. The van der Waals surface area contributed by atoms with Gasteiger partial charge in [-0.05, 0) is 32.0 Å². The van der Waals surface area contributed by atoms with E-state index in [0.717, 1.165) is 39.3 Å². The minimum absolute atomic E-state index is 0.0114. The van der Waals surface area contributed by atoms with Crippen LogP contribution in [-0.4, -0.2) is 77.0 Å². The second-order valence-electron chi connectivity index (χ2n) is 6.60. The number of rotatable bonds is 7. The molecule has 0 bridgehead atoms. The van der Waals surface area contributed by atoms with Gasteiger partial charge in [-0.15, -0.1) is 0 Å². The number of ether oxygens (including phenoxy) is 2. The predicted molar refractivity (Wildman–Crippen MR) is 103 cm³/mol. The summed E-state index contributed by atoms with van der Waals surface area (Å²) in [5, 5.41) is 2.87. The van der Waals surface area contributed by atoms with Crippen molar-refractivity contribution < 1.29 is 22.7 Å². The summed E-state index contributed by atoms with van der Waals surface area (Å²) in [6.45, 7) is 6.34. The summed E-state index contributed by atoms with van der Waals surface area (Å²) < 4.78 is 37.3. The average Bonchev–Trinajstić information content (AvgIpc) is 2.71. The van der Waals surface area contributed by atoms with Gasteiger partial charge >= 0.3 is 0 Å². The molecule has 8 nitrogen and oxygen atoms in total. The number of sulfonamides is 1. The van der Waals surface area contributed by atoms with Crippen LogP contribution in [0.15, 0.2) is 24.3 Å². The molecule has 0 saturated carbocycles. The molecule has 1 amide bonds. The smallest absolute Gasteiger partial charge is 0.263 e. The third-order valence-corrected chi connectivity index (χ3v) is 6.53. The van der Waals surface area contributed by atoms with Crippen LogP contribution in [-0.2, 0) is 19.6 Å². The quantitative estimate of drug-likeness (QED) is 0.672. The van der Waals surface area contributed by atoms with Crippen LogP contribution >= 0.6 is 0 Å². The lowest BCUT2D eigenvalue weighted by atomic mass is 10.2. The number of para-hydroxylation sites is 2. The summed E-state index contributed by atoms with van der Waals surface area (Å²) >= 11 is 0. The van der Waals surface area contributed by atoms with Gasteiger partial charge in [0, 0.05) is 19.6 Å². The van der Waals surface area contributed by atoms with Gasteiger partial charge in [0.1, 0.15) is 5.75 Å². The Kier molecular flexibility index (Phi) is 6.56. The third-order valence-electron chi connectivity index (χ3n) is 4.78. The van der Waals surface area contributed by atoms with Crippen molar-refractivity contribution in [1.82, 2.24) is 10.2 Å². The number of carbonyl (C=O) groups excluding carboxylic acids is 1. The zero-order chi connectivity index (χ0) is 19.3. The number of amides is 1. The van der Waals surface area contributed by atoms with E-state index in [2.05, 4.69) is 10.2 Å². The zero-order valence-electron chi connectivity index (χ0n) is 15.6. The molecule has 2 aliphatic rings. The molecule has 2 heterocycles. The zero-order valence-corrected chi connectivity index (χ0v) is 16.4. The highest BCUT2D eigenvalue weighted by molar-refractivity contribution is 7.92. The van der Waals surface area contributed by atoms with Gasteiger partial charge in [-0.2, -0.15) is 0 Å². The van der Waals surface area contributed by atoms with Gasteiger partial charge in [-0.3, -0.25) is 14.0 Å². The van der Waals surface area contributed by atoms with Gasteiger partial charge in [0.25, 0.3) is 5.91 Å². The first-order valence-corrected chi connectivity index (χ1v) is 11.0. The molecule has 1 atom stereocenters. The van der Waals surface area contributed by atoms with Crippen molar-refractivity contribution in [2.45, 2.75) is 19.4 Å². The molecule has 3 rings (SSSR count). The average molecular weight is 397 g/mol. The van der Waals surface area contributed by atoms with Gasteiger partial charge in [-0.25, -0.2) is 8.42 Å². The van der Waals surface area contributed by atoms with Gasteiger partial charge in [-0.1, -0.05) is 12.1 Å². The van der Waals surface area contributed by atoms with Crippen LogP contribution < -0.4 is 14.4 Å². The standard InChI is InChI=1S/C18H27N3O5S/c1-2-27(23,24)21-14-17(26-16-7-4-3-6-15(16)21)18(22)19-8-5-9-20-10-12-25-13-11-20/h3-4,6-7,17H,2,5,8-14H2,1H3,(H,19,22)/t17-/m1/s1. The summed E-state index contributed by atoms with van der Waals surface area (Å²) in [5.41, 5.74) is 0.482. The van der Waals surface area contributed by atoms with Crippen molar-refractivity contribution in [3.63, 3.8) is 0 Å². The Hall–Kier alpha value is -1.84. The Balaban J connectivity index is 1.57. The molecule has 1 N–H and O–H groups in total. The lowest BCUT2D eigenvalue weighted by molar-refractivity contribution is -0.127. The molecule has 1 fully saturated rings. The summed E-state index contributed by atoms with van der Waals surface area (Å²) in [6.07, 6.45) is -0.0314. The van der Waals surface area contributed by atoms with E-state index in [1.54, 1.807) is 31.2 Å². The first-order valence-electron chi connectivity index (χ1n) is 9.35.